The number of aromatic nitrogens is 4. The molecule has 0 spiro atoms. The van der Waals surface area contributed by atoms with E-state index in [0.29, 0.717) is 5.95 Å². The third-order valence-electron chi connectivity index (χ3n) is 2.00. The number of rotatable bonds is 3. The first-order valence-electron chi connectivity index (χ1n) is 4.78. The monoisotopic (exact) mass is 203 g/mol. The fourth-order valence-electron chi connectivity index (χ4n) is 1.29. The van der Waals surface area contributed by atoms with Gasteiger partial charge >= 0.3 is 0 Å². The highest BCUT2D eigenvalue weighted by molar-refractivity contribution is 5.14. The number of hydrogen-bond donors (Lipinski definition) is 1. The summed E-state index contributed by atoms with van der Waals surface area (Å²) in [7, 11) is 1.89. The Morgan fingerprint density at radius 2 is 2.07 bits per heavy atom. The van der Waals surface area contributed by atoms with E-state index in [-0.39, 0.29) is 0 Å². The maximum atomic E-state index is 4.23. The lowest BCUT2D eigenvalue weighted by Crippen LogP contribution is -2.08. The van der Waals surface area contributed by atoms with E-state index in [4.69, 9.17) is 0 Å². The molecule has 0 bridgehead atoms. The van der Waals surface area contributed by atoms with Crippen LogP contribution in [-0.4, -0.2) is 26.8 Å². The first kappa shape index (κ1) is 9.79. The summed E-state index contributed by atoms with van der Waals surface area (Å²) in [4.78, 5) is 8.46. The fraction of sp³-hybridized carbons (Fsp3) is 0.300. The van der Waals surface area contributed by atoms with Gasteiger partial charge in [-0.1, -0.05) is 0 Å². The van der Waals surface area contributed by atoms with E-state index in [1.807, 2.05) is 26.2 Å². The van der Waals surface area contributed by atoms with Crippen molar-refractivity contribution < 1.29 is 0 Å². The Bertz CT molecular complexity index is 431. The van der Waals surface area contributed by atoms with Gasteiger partial charge in [-0.15, -0.1) is 0 Å². The molecule has 0 aliphatic heterocycles. The molecule has 0 aromatic carbocycles. The van der Waals surface area contributed by atoms with Gasteiger partial charge < -0.3 is 5.32 Å². The highest BCUT2D eigenvalue weighted by atomic mass is 15.3. The second-order valence-corrected chi connectivity index (χ2v) is 3.32. The molecule has 2 rings (SSSR count). The molecule has 0 aliphatic rings. The lowest BCUT2D eigenvalue weighted by atomic mass is 10.3. The summed E-state index contributed by atoms with van der Waals surface area (Å²) in [5.74, 6) is 0.600. The van der Waals surface area contributed by atoms with Crippen LogP contribution in [0.3, 0.4) is 0 Å². The molecule has 0 aliphatic carbocycles. The SMILES string of the molecule is CNCc1cnc(-n2ccc(C)n2)nc1. The van der Waals surface area contributed by atoms with E-state index in [1.165, 1.54) is 0 Å². The molecule has 0 saturated carbocycles. The molecule has 78 valence electrons. The van der Waals surface area contributed by atoms with Crippen molar-refractivity contribution in [1.82, 2.24) is 25.1 Å². The molecule has 0 atom stereocenters. The van der Waals surface area contributed by atoms with Gasteiger partial charge in [-0.2, -0.15) is 5.10 Å². The van der Waals surface area contributed by atoms with Crippen molar-refractivity contribution in [1.29, 1.82) is 0 Å². The Balaban J connectivity index is 2.23. The molecule has 5 nitrogen and oxygen atoms in total. The maximum Gasteiger partial charge on any atom is 0.250 e. The Morgan fingerprint density at radius 1 is 1.33 bits per heavy atom. The number of hydrogen-bond acceptors (Lipinski definition) is 4. The van der Waals surface area contributed by atoms with Crippen LogP contribution in [0.2, 0.25) is 0 Å². The molecule has 2 aromatic rings. The lowest BCUT2D eigenvalue weighted by molar-refractivity contribution is 0.770. The van der Waals surface area contributed by atoms with Gasteiger partial charge in [-0.3, -0.25) is 0 Å². The van der Waals surface area contributed by atoms with Gasteiger partial charge in [-0.25, -0.2) is 14.6 Å². The van der Waals surface area contributed by atoms with Crippen molar-refractivity contribution in [3.63, 3.8) is 0 Å². The van der Waals surface area contributed by atoms with E-state index < -0.39 is 0 Å². The first-order chi connectivity index (χ1) is 7.29. The highest BCUT2D eigenvalue weighted by Gasteiger charge is 2.00. The zero-order valence-electron chi connectivity index (χ0n) is 8.81. The lowest BCUT2D eigenvalue weighted by Gasteiger charge is -2.01. The third-order valence-corrected chi connectivity index (χ3v) is 2.00. The second kappa shape index (κ2) is 4.18. The fourth-order valence-corrected chi connectivity index (χ4v) is 1.29. The van der Waals surface area contributed by atoms with Gasteiger partial charge in [0.2, 0.25) is 5.95 Å². The van der Waals surface area contributed by atoms with E-state index in [1.54, 1.807) is 17.1 Å². The second-order valence-electron chi connectivity index (χ2n) is 3.32. The van der Waals surface area contributed by atoms with Crippen molar-refractivity contribution >= 4 is 0 Å². The molecular weight excluding hydrogens is 190 g/mol. The zero-order valence-corrected chi connectivity index (χ0v) is 8.81. The van der Waals surface area contributed by atoms with Gasteiger partial charge in [0.25, 0.3) is 0 Å². The van der Waals surface area contributed by atoms with Gasteiger partial charge in [0.1, 0.15) is 0 Å². The Labute approximate surface area is 88.2 Å². The smallest absolute Gasteiger partial charge is 0.250 e. The standard InChI is InChI=1S/C10H13N5/c1-8-3-4-15(14-8)10-12-6-9(5-11-2)7-13-10/h3-4,6-7,11H,5H2,1-2H3. The van der Waals surface area contributed by atoms with Crippen molar-refractivity contribution in [2.45, 2.75) is 13.5 Å². The Hall–Kier alpha value is -1.75. The van der Waals surface area contributed by atoms with Crippen LogP contribution in [0.5, 0.6) is 0 Å². The average molecular weight is 203 g/mol. The van der Waals surface area contributed by atoms with Crippen LogP contribution in [0.1, 0.15) is 11.3 Å². The van der Waals surface area contributed by atoms with Gasteiger partial charge in [0.05, 0.1) is 5.69 Å². The summed E-state index contributed by atoms with van der Waals surface area (Å²) in [5, 5.41) is 7.28. The molecule has 1 N–H and O–H groups in total. The highest BCUT2D eigenvalue weighted by Crippen LogP contribution is 2.01. The molecule has 2 heterocycles. The molecule has 0 saturated heterocycles. The number of nitrogens with one attached hydrogen (secondary N) is 1. The van der Waals surface area contributed by atoms with Crippen LogP contribution in [0, 0.1) is 6.92 Å². The number of nitrogens with zero attached hydrogens (tertiary/aromatic N) is 4. The summed E-state index contributed by atoms with van der Waals surface area (Å²) in [6.45, 7) is 2.71. The molecule has 5 heteroatoms. The largest absolute Gasteiger partial charge is 0.316 e. The molecule has 0 unspecified atom stereocenters. The summed E-state index contributed by atoms with van der Waals surface area (Å²) in [5.41, 5.74) is 2.02. The van der Waals surface area contributed by atoms with E-state index in [2.05, 4.69) is 20.4 Å². The predicted octanol–water partition coefficient (Wildman–Crippen LogP) is 0.690. The quantitative estimate of drug-likeness (QED) is 0.797. The molecule has 15 heavy (non-hydrogen) atoms. The summed E-state index contributed by atoms with van der Waals surface area (Å²) < 4.78 is 1.67. The minimum Gasteiger partial charge on any atom is -0.316 e. The van der Waals surface area contributed by atoms with Crippen molar-refractivity contribution in [2.24, 2.45) is 0 Å². The molecular formula is C10H13N5. The predicted molar refractivity (Wildman–Crippen MR) is 56.7 cm³/mol. The van der Waals surface area contributed by atoms with Crippen molar-refractivity contribution in [3.8, 4) is 5.95 Å². The zero-order chi connectivity index (χ0) is 10.7. The topological polar surface area (TPSA) is 55.6 Å². The minimum absolute atomic E-state index is 0.600. The maximum absolute atomic E-state index is 4.23. The van der Waals surface area contributed by atoms with Crippen LogP contribution in [-0.2, 0) is 6.54 Å². The molecule has 0 amide bonds. The van der Waals surface area contributed by atoms with Crippen LogP contribution < -0.4 is 5.32 Å². The Kier molecular flexibility index (Phi) is 2.73. The molecule has 0 fully saturated rings. The van der Waals surface area contributed by atoms with Gasteiger partial charge in [0.15, 0.2) is 0 Å². The Morgan fingerprint density at radius 3 is 2.60 bits per heavy atom. The minimum atomic E-state index is 0.600. The third kappa shape index (κ3) is 2.19. The number of aryl methyl sites for hydroxylation is 1. The van der Waals surface area contributed by atoms with Gasteiger partial charge in [-0.05, 0) is 20.0 Å². The van der Waals surface area contributed by atoms with Gasteiger partial charge in [0, 0.05) is 30.7 Å². The van der Waals surface area contributed by atoms with E-state index in [9.17, 15) is 0 Å². The van der Waals surface area contributed by atoms with Crippen LogP contribution in [0.25, 0.3) is 5.95 Å². The summed E-state index contributed by atoms with van der Waals surface area (Å²) in [6.07, 6.45) is 5.45. The molecule has 2 aromatic heterocycles. The summed E-state index contributed by atoms with van der Waals surface area (Å²) in [6, 6.07) is 1.92. The first-order valence-corrected chi connectivity index (χ1v) is 4.78. The summed E-state index contributed by atoms with van der Waals surface area (Å²) >= 11 is 0. The van der Waals surface area contributed by atoms with E-state index in [0.717, 1.165) is 17.8 Å². The van der Waals surface area contributed by atoms with Crippen LogP contribution in [0.15, 0.2) is 24.7 Å². The molecule has 0 radical (unpaired) electrons. The average Bonchev–Trinajstić information content (AvgIpc) is 2.67. The van der Waals surface area contributed by atoms with Crippen molar-refractivity contribution in [2.75, 3.05) is 7.05 Å². The normalized spacial score (nSPS) is 10.5. The van der Waals surface area contributed by atoms with E-state index >= 15 is 0 Å². The van der Waals surface area contributed by atoms with Crippen molar-refractivity contribution in [3.05, 3.63) is 35.9 Å². The van der Waals surface area contributed by atoms with Crippen LogP contribution in [0.4, 0.5) is 0 Å². The van der Waals surface area contributed by atoms with Crippen LogP contribution >= 0.6 is 0 Å².